The fourth-order valence-electron chi connectivity index (χ4n) is 10.6. The van der Waals surface area contributed by atoms with Gasteiger partial charge in [-0.3, -0.25) is 0 Å². The molecule has 0 spiro atoms. The fraction of sp³-hybridized carbons (Fsp3) is 0.100. The molecular formula is C60H44N2. The highest BCUT2D eigenvalue weighted by molar-refractivity contribution is 6.08. The number of benzene rings is 9. The maximum absolute atomic E-state index is 5.31. The van der Waals surface area contributed by atoms with Crippen LogP contribution in [0.5, 0.6) is 0 Å². The molecule has 0 bridgehead atoms. The topological polar surface area (TPSA) is 25.8 Å². The number of aromatic nitrogens is 2. The summed E-state index contributed by atoms with van der Waals surface area (Å²) in [4.78, 5) is 10.5. The molecule has 0 fully saturated rings. The van der Waals surface area contributed by atoms with Crippen LogP contribution in [0.4, 0.5) is 0 Å². The Balaban J connectivity index is 0.973. The summed E-state index contributed by atoms with van der Waals surface area (Å²) in [6, 6.07) is 71.0. The summed E-state index contributed by atoms with van der Waals surface area (Å²) in [5.74, 6) is 0.711. The van der Waals surface area contributed by atoms with E-state index in [-0.39, 0.29) is 10.8 Å². The third kappa shape index (κ3) is 5.49. The van der Waals surface area contributed by atoms with Crippen molar-refractivity contribution < 1.29 is 0 Å². The first kappa shape index (κ1) is 36.4. The van der Waals surface area contributed by atoms with Crippen molar-refractivity contribution in [2.45, 2.75) is 38.5 Å². The zero-order valence-electron chi connectivity index (χ0n) is 35.4. The molecule has 0 amide bonds. The molecule has 1 heterocycles. The predicted octanol–water partition coefficient (Wildman–Crippen LogP) is 15.7. The van der Waals surface area contributed by atoms with E-state index in [1.54, 1.807) is 0 Å². The second-order valence-electron chi connectivity index (χ2n) is 18.1. The molecule has 0 saturated heterocycles. The van der Waals surface area contributed by atoms with E-state index < -0.39 is 0 Å². The fourth-order valence-corrected chi connectivity index (χ4v) is 10.6. The van der Waals surface area contributed by atoms with Crippen molar-refractivity contribution in [3.8, 4) is 78.4 Å². The van der Waals surface area contributed by atoms with Gasteiger partial charge in [-0.15, -0.1) is 0 Å². The van der Waals surface area contributed by atoms with E-state index in [1.165, 1.54) is 88.3 Å². The number of hydrogen-bond acceptors (Lipinski definition) is 2. The van der Waals surface area contributed by atoms with Crippen LogP contribution in [0.2, 0.25) is 0 Å². The van der Waals surface area contributed by atoms with Crippen LogP contribution < -0.4 is 0 Å². The molecular weight excluding hydrogens is 749 g/mol. The molecule has 2 heteroatoms. The first-order chi connectivity index (χ1) is 30.2. The van der Waals surface area contributed by atoms with Gasteiger partial charge in [0.2, 0.25) is 0 Å². The Kier molecular flexibility index (Phi) is 7.96. The summed E-state index contributed by atoms with van der Waals surface area (Å²) in [6.07, 6.45) is 0. The van der Waals surface area contributed by atoms with E-state index >= 15 is 0 Å². The highest BCUT2D eigenvalue weighted by atomic mass is 14.9. The average Bonchev–Trinajstić information content (AvgIpc) is 3.69. The third-order valence-corrected chi connectivity index (χ3v) is 13.9. The molecule has 0 aliphatic heterocycles. The Morgan fingerprint density at radius 3 is 1.66 bits per heavy atom. The molecule has 0 atom stereocenters. The Hall–Kier alpha value is -7.42. The van der Waals surface area contributed by atoms with Gasteiger partial charge in [0.1, 0.15) is 0 Å². The molecule has 9 aromatic carbocycles. The minimum atomic E-state index is -0.117. The Morgan fingerprint density at radius 2 is 0.855 bits per heavy atom. The third-order valence-electron chi connectivity index (χ3n) is 13.9. The predicted molar refractivity (Wildman–Crippen MR) is 259 cm³/mol. The average molecular weight is 793 g/mol. The van der Waals surface area contributed by atoms with Crippen molar-refractivity contribution >= 4 is 21.5 Å². The van der Waals surface area contributed by atoms with Crippen LogP contribution in [0, 0.1) is 0 Å². The normalized spacial score (nSPS) is 14.1. The highest BCUT2D eigenvalue weighted by Gasteiger charge is 2.38. The van der Waals surface area contributed by atoms with Gasteiger partial charge in [0.25, 0.3) is 0 Å². The van der Waals surface area contributed by atoms with Crippen molar-refractivity contribution in [2.75, 3.05) is 0 Å². The summed E-state index contributed by atoms with van der Waals surface area (Å²) in [6.45, 7) is 9.42. The lowest BCUT2D eigenvalue weighted by molar-refractivity contribution is 0.660. The second kappa shape index (κ2) is 13.5. The van der Waals surface area contributed by atoms with E-state index in [1.807, 2.05) is 6.07 Å². The molecule has 2 aliphatic rings. The molecule has 10 aromatic rings. The molecule has 12 rings (SSSR count). The van der Waals surface area contributed by atoms with Crippen LogP contribution in [0.25, 0.3) is 100.0 Å². The van der Waals surface area contributed by atoms with Crippen LogP contribution in [0.1, 0.15) is 49.9 Å². The minimum absolute atomic E-state index is 0.0474. The second-order valence-corrected chi connectivity index (χ2v) is 18.1. The van der Waals surface area contributed by atoms with Crippen molar-refractivity contribution in [3.63, 3.8) is 0 Å². The Labute approximate surface area is 363 Å². The molecule has 0 N–H and O–H groups in total. The maximum Gasteiger partial charge on any atom is 0.160 e. The summed E-state index contributed by atoms with van der Waals surface area (Å²) < 4.78 is 0. The number of rotatable bonds is 5. The Bertz CT molecular complexity index is 3450. The van der Waals surface area contributed by atoms with Gasteiger partial charge in [-0.25, -0.2) is 9.97 Å². The molecule has 0 radical (unpaired) electrons. The first-order valence-electron chi connectivity index (χ1n) is 21.7. The lowest BCUT2D eigenvalue weighted by Gasteiger charge is -2.22. The van der Waals surface area contributed by atoms with Crippen molar-refractivity contribution in [1.82, 2.24) is 9.97 Å². The molecule has 294 valence electrons. The van der Waals surface area contributed by atoms with Crippen LogP contribution in [0.3, 0.4) is 0 Å². The van der Waals surface area contributed by atoms with Crippen molar-refractivity contribution in [3.05, 3.63) is 216 Å². The van der Waals surface area contributed by atoms with Crippen molar-refractivity contribution in [1.29, 1.82) is 0 Å². The maximum atomic E-state index is 5.31. The van der Waals surface area contributed by atoms with Gasteiger partial charge in [0, 0.05) is 27.5 Å². The van der Waals surface area contributed by atoms with Gasteiger partial charge in [-0.1, -0.05) is 198 Å². The van der Waals surface area contributed by atoms with Crippen LogP contribution >= 0.6 is 0 Å². The van der Waals surface area contributed by atoms with Gasteiger partial charge in [0.15, 0.2) is 5.82 Å². The zero-order valence-corrected chi connectivity index (χ0v) is 35.4. The lowest BCUT2D eigenvalue weighted by Crippen LogP contribution is -2.14. The standard InChI is InChI=1S/C60H44N2/c1-59(2)51-23-13-12-21-46(51)47-30-29-42(35-53(47)59)37-25-27-38(28-26-37)55-36-56(62-58(61-55)39-15-6-5-7-16-39)48-32-31-45(43-19-10-11-20-44(43)48)49-22-14-24-52-57(49)50-33-40-17-8-9-18-41(40)34-54(50)60(52,3)4/h5-36H,1-4H3. The van der Waals surface area contributed by atoms with E-state index in [4.69, 9.17) is 9.97 Å². The lowest BCUT2D eigenvalue weighted by atomic mass is 9.81. The summed E-state index contributed by atoms with van der Waals surface area (Å²) >= 11 is 0. The monoisotopic (exact) mass is 792 g/mol. The SMILES string of the molecule is CC1(C)c2ccccc2-c2ccc(-c3ccc(-c4cc(-c5ccc(-c6cccc7c6-c6cc8ccccc8cc6C7(C)C)c6ccccc56)nc(-c5ccccc5)n4)cc3)cc21. The van der Waals surface area contributed by atoms with Gasteiger partial charge in [-0.05, 0) is 113 Å². The van der Waals surface area contributed by atoms with Crippen LogP contribution in [0.15, 0.2) is 194 Å². The molecule has 62 heavy (non-hydrogen) atoms. The van der Waals surface area contributed by atoms with Crippen LogP contribution in [-0.2, 0) is 10.8 Å². The van der Waals surface area contributed by atoms with Crippen LogP contribution in [-0.4, -0.2) is 9.97 Å². The van der Waals surface area contributed by atoms with Gasteiger partial charge in [0.05, 0.1) is 11.4 Å². The summed E-state index contributed by atoms with van der Waals surface area (Å²) in [5.41, 5.74) is 20.5. The molecule has 0 saturated carbocycles. The number of hydrogen-bond donors (Lipinski definition) is 0. The molecule has 0 unspecified atom stereocenters. The summed E-state index contributed by atoms with van der Waals surface area (Å²) in [5, 5.41) is 4.93. The van der Waals surface area contributed by atoms with E-state index in [9.17, 15) is 0 Å². The number of nitrogens with zero attached hydrogens (tertiary/aromatic N) is 2. The van der Waals surface area contributed by atoms with Crippen molar-refractivity contribution in [2.24, 2.45) is 0 Å². The van der Waals surface area contributed by atoms with E-state index in [2.05, 4.69) is 216 Å². The van der Waals surface area contributed by atoms with E-state index in [0.717, 1.165) is 28.1 Å². The minimum Gasteiger partial charge on any atom is -0.228 e. The smallest absolute Gasteiger partial charge is 0.160 e. The van der Waals surface area contributed by atoms with E-state index in [0.29, 0.717) is 5.82 Å². The molecule has 2 aliphatic carbocycles. The van der Waals surface area contributed by atoms with Gasteiger partial charge < -0.3 is 0 Å². The van der Waals surface area contributed by atoms with Gasteiger partial charge in [-0.2, -0.15) is 0 Å². The Morgan fingerprint density at radius 1 is 0.306 bits per heavy atom. The quantitative estimate of drug-likeness (QED) is 0.173. The summed E-state index contributed by atoms with van der Waals surface area (Å²) in [7, 11) is 0. The molecule has 2 nitrogen and oxygen atoms in total. The zero-order chi connectivity index (χ0) is 41.7. The largest absolute Gasteiger partial charge is 0.228 e. The first-order valence-corrected chi connectivity index (χ1v) is 21.7. The number of fused-ring (bicyclic) bond motifs is 8. The van der Waals surface area contributed by atoms with Gasteiger partial charge >= 0.3 is 0 Å². The highest BCUT2D eigenvalue weighted by Crippen LogP contribution is 2.54. The molecule has 1 aromatic heterocycles.